The first-order valence-corrected chi connectivity index (χ1v) is 3.87. The van der Waals surface area contributed by atoms with Gasteiger partial charge in [0, 0.05) is 17.3 Å². The summed E-state index contributed by atoms with van der Waals surface area (Å²) >= 11 is 1.71. The Morgan fingerprint density at radius 1 is 1.50 bits per heavy atom. The first kappa shape index (κ1) is 5.80. The number of hydrogen-bond donors (Lipinski definition) is 1. The zero-order valence-corrected chi connectivity index (χ0v) is 6.06. The lowest BCUT2D eigenvalue weighted by Gasteiger charge is -2.09. The van der Waals surface area contributed by atoms with Gasteiger partial charge in [0.05, 0.1) is 11.9 Å². The highest BCUT2D eigenvalue weighted by molar-refractivity contribution is 8.02. The van der Waals surface area contributed by atoms with E-state index in [1.165, 1.54) is 4.90 Å². The van der Waals surface area contributed by atoms with E-state index in [9.17, 15) is 0 Å². The molecule has 50 valence electrons. The molecular formula is C7H6N2S. The summed E-state index contributed by atoms with van der Waals surface area (Å²) in [5.41, 5.74) is 1.09. The molecule has 0 atom stereocenters. The fourth-order valence-electron chi connectivity index (χ4n) is 0.824. The number of fused-ring (bicyclic) bond motifs is 1. The Morgan fingerprint density at radius 3 is 3.40 bits per heavy atom. The second-order valence-corrected chi connectivity index (χ2v) is 2.88. The van der Waals surface area contributed by atoms with Crippen molar-refractivity contribution < 1.29 is 0 Å². The van der Waals surface area contributed by atoms with Crippen LogP contribution in [0.1, 0.15) is 0 Å². The summed E-state index contributed by atoms with van der Waals surface area (Å²) in [5, 5.41) is 5.11. The Bertz CT molecular complexity index is 243. The Labute approximate surface area is 63.4 Å². The van der Waals surface area contributed by atoms with Gasteiger partial charge in [0.25, 0.3) is 0 Å². The number of nitrogens with zero attached hydrogens (tertiary/aromatic N) is 1. The topological polar surface area (TPSA) is 24.9 Å². The van der Waals surface area contributed by atoms with E-state index in [0.29, 0.717) is 0 Å². The molecule has 1 aromatic heterocycles. The number of pyridine rings is 1. The molecule has 0 bridgehead atoms. The monoisotopic (exact) mass is 150 g/mol. The predicted molar refractivity (Wildman–Crippen MR) is 42.9 cm³/mol. The van der Waals surface area contributed by atoms with Crippen molar-refractivity contribution in [2.24, 2.45) is 0 Å². The molecule has 1 aliphatic heterocycles. The number of thioether (sulfide) groups is 1. The number of aromatic nitrogens is 1. The van der Waals surface area contributed by atoms with Crippen molar-refractivity contribution in [3.63, 3.8) is 0 Å². The third-order valence-electron chi connectivity index (χ3n) is 1.28. The third kappa shape index (κ3) is 0.885. The van der Waals surface area contributed by atoms with Gasteiger partial charge in [-0.1, -0.05) is 11.8 Å². The molecule has 0 fully saturated rings. The molecule has 1 aromatic rings. The zero-order chi connectivity index (χ0) is 6.81. The van der Waals surface area contributed by atoms with Crippen LogP contribution < -0.4 is 5.32 Å². The minimum Gasteiger partial charge on any atom is -0.359 e. The number of hydrogen-bond acceptors (Lipinski definition) is 3. The van der Waals surface area contributed by atoms with Crippen LogP contribution in [0, 0.1) is 0 Å². The molecule has 2 heterocycles. The van der Waals surface area contributed by atoms with Crippen LogP contribution in [0.2, 0.25) is 0 Å². The SMILES string of the molecule is C1=CSc2ccncc2N1. The molecule has 3 heteroatoms. The van der Waals surface area contributed by atoms with Gasteiger partial charge in [0.15, 0.2) is 0 Å². The van der Waals surface area contributed by atoms with Crippen LogP contribution in [-0.2, 0) is 0 Å². The van der Waals surface area contributed by atoms with E-state index in [0.717, 1.165) is 5.69 Å². The van der Waals surface area contributed by atoms with Crippen LogP contribution in [0.3, 0.4) is 0 Å². The molecule has 0 aromatic carbocycles. The second kappa shape index (κ2) is 2.34. The summed E-state index contributed by atoms with van der Waals surface area (Å²) in [6.07, 6.45) is 5.53. The molecule has 10 heavy (non-hydrogen) atoms. The van der Waals surface area contributed by atoms with Crippen molar-refractivity contribution in [1.29, 1.82) is 0 Å². The molecule has 0 aliphatic carbocycles. The van der Waals surface area contributed by atoms with Gasteiger partial charge in [0.1, 0.15) is 0 Å². The zero-order valence-electron chi connectivity index (χ0n) is 5.24. The molecule has 1 N–H and O–H groups in total. The van der Waals surface area contributed by atoms with Gasteiger partial charge in [-0.25, -0.2) is 0 Å². The molecule has 1 aliphatic rings. The largest absolute Gasteiger partial charge is 0.359 e. The number of nitrogens with one attached hydrogen (secondary N) is 1. The average molecular weight is 150 g/mol. The fraction of sp³-hybridized carbons (Fsp3) is 0. The fourth-order valence-corrected chi connectivity index (χ4v) is 1.48. The van der Waals surface area contributed by atoms with Gasteiger partial charge in [-0.3, -0.25) is 4.98 Å². The van der Waals surface area contributed by atoms with E-state index >= 15 is 0 Å². The highest BCUT2D eigenvalue weighted by Gasteiger charge is 2.01. The lowest BCUT2D eigenvalue weighted by Crippen LogP contribution is -1.93. The Morgan fingerprint density at radius 2 is 2.50 bits per heavy atom. The molecule has 0 amide bonds. The van der Waals surface area contributed by atoms with Crippen LogP contribution in [-0.4, -0.2) is 4.98 Å². The van der Waals surface area contributed by atoms with Crippen LogP contribution in [0.5, 0.6) is 0 Å². The first-order valence-electron chi connectivity index (χ1n) is 2.99. The molecule has 2 nitrogen and oxygen atoms in total. The van der Waals surface area contributed by atoms with Gasteiger partial charge >= 0.3 is 0 Å². The molecule has 0 radical (unpaired) electrons. The predicted octanol–water partition coefficient (Wildman–Crippen LogP) is 2.07. The maximum Gasteiger partial charge on any atom is 0.0707 e. The highest BCUT2D eigenvalue weighted by atomic mass is 32.2. The summed E-state index contributed by atoms with van der Waals surface area (Å²) in [6.45, 7) is 0. The standard InChI is InChI=1S/C7H6N2S/c1-2-8-5-6-7(1)10-4-3-9-6/h1-5,9H. The van der Waals surface area contributed by atoms with E-state index in [1.807, 2.05) is 23.9 Å². The Kier molecular flexibility index (Phi) is 1.36. The van der Waals surface area contributed by atoms with E-state index < -0.39 is 0 Å². The molecular weight excluding hydrogens is 144 g/mol. The third-order valence-corrected chi connectivity index (χ3v) is 2.17. The summed E-state index contributed by atoms with van der Waals surface area (Å²) in [6, 6.07) is 2.00. The van der Waals surface area contributed by atoms with Crippen LogP contribution in [0.25, 0.3) is 0 Å². The van der Waals surface area contributed by atoms with Gasteiger partial charge in [-0.15, -0.1) is 0 Å². The molecule has 2 rings (SSSR count). The Balaban J connectivity index is 2.47. The molecule has 0 unspecified atom stereocenters. The van der Waals surface area contributed by atoms with Crippen LogP contribution in [0.4, 0.5) is 5.69 Å². The maximum absolute atomic E-state index is 3.99. The average Bonchev–Trinajstić information content (AvgIpc) is 2.05. The normalized spacial score (nSPS) is 14.0. The summed E-state index contributed by atoms with van der Waals surface area (Å²) in [4.78, 5) is 5.22. The number of rotatable bonds is 0. The summed E-state index contributed by atoms with van der Waals surface area (Å²) in [5.74, 6) is 0. The van der Waals surface area contributed by atoms with Gasteiger partial charge in [-0.05, 0) is 11.5 Å². The van der Waals surface area contributed by atoms with Crippen molar-refractivity contribution in [1.82, 2.24) is 4.98 Å². The summed E-state index contributed by atoms with van der Waals surface area (Å²) in [7, 11) is 0. The van der Waals surface area contributed by atoms with Crippen LogP contribution >= 0.6 is 11.8 Å². The minimum atomic E-state index is 1.09. The molecule has 0 saturated carbocycles. The quantitative estimate of drug-likeness (QED) is 0.612. The Hall–Kier alpha value is -0.960. The van der Waals surface area contributed by atoms with Crippen molar-refractivity contribution in [3.05, 3.63) is 30.1 Å². The van der Waals surface area contributed by atoms with E-state index in [4.69, 9.17) is 0 Å². The second-order valence-electron chi connectivity index (χ2n) is 1.94. The van der Waals surface area contributed by atoms with E-state index in [-0.39, 0.29) is 0 Å². The van der Waals surface area contributed by atoms with Crippen molar-refractivity contribution in [3.8, 4) is 0 Å². The van der Waals surface area contributed by atoms with E-state index in [1.54, 1.807) is 18.0 Å². The van der Waals surface area contributed by atoms with Crippen molar-refractivity contribution in [2.45, 2.75) is 4.90 Å². The summed E-state index contributed by atoms with van der Waals surface area (Å²) < 4.78 is 0. The highest BCUT2D eigenvalue weighted by Crippen LogP contribution is 2.29. The van der Waals surface area contributed by atoms with Gasteiger partial charge < -0.3 is 5.32 Å². The number of anilines is 1. The maximum atomic E-state index is 3.99. The first-order chi connectivity index (χ1) is 4.97. The van der Waals surface area contributed by atoms with Gasteiger partial charge in [-0.2, -0.15) is 0 Å². The molecule has 0 spiro atoms. The van der Waals surface area contributed by atoms with Crippen LogP contribution in [0.15, 0.2) is 35.0 Å². The molecule has 0 saturated heterocycles. The minimum absolute atomic E-state index is 1.09. The lowest BCUT2D eigenvalue weighted by atomic mass is 10.4. The van der Waals surface area contributed by atoms with Gasteiger partial charge in [0.2, 0.25) is 0 Å². The van der Waals surface area contributed by atoms with Crippen molar-refractivity contribution in [2.75, 3.05) is 5.32 Å². The van der Waals surface area contributed by atoms with Crippen molar-refractivity contribution >= 4 is 17.4 Å². The smallest absolute Gasteiger partial charge is 0.0707 e. The van der Waals surface area contributed by atoms with E-state index in [2.05, 4.69) is 10.3 Å². The lowest BCUT2D eigenvalue weighted by molar-refractivity contribution is 1.25.